The number of aromatic nitrogens is 3. The van der Waals surface area contributed by atoms with Crippen LogP contribution in [0, 0.1) is 0 Å². The number of carbonyl (C=O) groups is 1. The van der Waals surface area contributed by atoms with Crippen LogP contribution in [0.25, 0.3) is 11.1 Å². The molecule has 0 saturated heterocycles. The van der Waals surface area contributed by atoms with Gasteiger partial charge in [-0.2, -0.15) is 4.98 Å². The van der Waals surface area contributed by atoms with Gasteiger partial charge in [0.15, 0.2) is 11.4 Å². The van der Waals surface area contributed by atoms with E-state index < -0.39 is 11.7 Å². The Bertz CT molecular complexity index is 1190. The Hall–Kier alpha value is -3.88. The first-order valence-electron chi connectivity index (χ1n) is 9.05. The van der Waals surface area contributed by atoms with Gasteiger partial charge in [-0.1, -0.05) is 29.4 Å². The molecule has 0 radical (unpaired) electrons. The fraction of sp³-hybridized carbons (Fsp3) is 0.200. The summed E-state index contributed by atoms with van der Waals surface area (Å²) in [7, 11) is 0. The van der Waals surface area contributed by atoms with Gasteiger partial charge < -0.3 is 19.0 Å². The number of amides is 1. The standard InChI is InChI=1S/C20H18N4O5/c1-2-27-14-9-7-13(8-10-14)11-21-18(25)19-22-17(23-29-19)12-24-15-5-3-4-6-16(15)28-20(24)26/h3-10H,2,11-12H2,1H3,(H,21,25). The molecule has 4 aromatic rings. The van der Waals surface area contributed by atoms with Crippen LogP contribution >= 0.6 is 0 Å². The van der Waals surface area contributed by atoms with Gasteiger partial charge in [0.1, 0.15) is 5.75 Å². The minimum absolute atomic E-state index is 0.0333. The number of nitrogens with one attached hydrogen (secondary N) is 1. The molecule has 0 atom stereocenters. The van der Waals surface area contributed by atoms with Crippen molar-refractivity contribution in [3.05, 3.63) is 76.4 Å². The van der Waals surface area contributed by atoms with Crippen LogP contribution in [0.2, 0.25) is 0 Å². The van der Waals surface area contributed by atoms with E-state index in [4.69, 9.17) is 13.7 Å². The van der Waals surface area contributed by atoms with Crippen molar-refractivity contribution in [2.75, 3.05) is 6.61 Å². The predicted octanol–water partition coefficient (Wildman–Crippen LogP) is 2.35. The third-order valence-corrected chi connectivity index (χ3v) is 4.22. The second-order valence-corrected chi connectivity index (χ2v) is 6.20. The van der Waals surface area contributed by atoms with Crippen molar-refractivity contribution in [3.63, 3.8) is 0 Å². The summed E-state index contributed by atoms with van der Waals surface area (Å²) in [6, 6.07) is 14.4. The first-order valence-corrected chi connectivity index (χ1v) is 9.05. The molecule has 0 aliphatic heterocycles. The lowest BCUT2D eigenvalue weighted by atomic mass is 10.2. The zero-order chi connectivity index (χ0) is 20.2. The molecule has 0 fully saturated rings. The molecule has 2 aromatic carbocycles. The van der Waals surface area contributed by atoms with Gasteiger partial charge in [-0.05, 0) is 36.8 Å². The van der Waals surface area contributed by atoms with Crippen molar-refractivity contribution in [2.24, 2.45) is 0 Å². The van der Waals surface area contributed by atoms with Gasteiger partial charge in [0.05, 0.1) is 18.7 Å². The second kappa shape index (κ2) is 8.01. The Kier molecular flexibility index (Phi) is 5.10. The number of rotatable bonds is 7. The van der Waals surface area contributed by atoms with Crippen molar-refractivity contribution < 1.29 is 18.5 Å². The van der Waals surface area contributed by atoms with Crippen LogP contribution in [-0.2, 0) is 13.1 Å². The molecule has 1 amide bonds. The molecule has 9 heteroatoms. The first kappa shape index (κ1) is 18.5. The Morgan fingerprint density at radius 3 is 2.76 bits per heavy atom. The summed E-state index contributed by atoms with van der Waals surface area (Å²) in [6.45, 7) is 2.84. The molecule has 0 spiro atoms. The molecule has 0 saturated carbocycles. The summed E-state index contributed by atoms with van der Waals surface area (Å²) in [5.74, 6) is -0.234. The van der Waals surface area contributed by atoms with Crippen molar-refractivity contribution in [1.29, 1.82) is 0 Å². The largest absolute Gasteiger partial charge is 0.494 e. The van der Waals surface area contributed by atoms with E-state index >= 15 is 0 Å². The maximum absolute atomic E-state index is 12.3. The number of hydrogen-bond acceptors (Lipinski definition) is 7. The van der Waals surface area contributed by atoms with E-state index in [1.807, 2.05) is 31.2 Å². The van der Waals surface area contributed by atoms with Gasteiger partial charge in [0, 0.05) is 6.54 Å². The van der Waals surface area contributed by atoms with Crippen LogP contribution in [0.15, 0.2) is 62.3 Å². The Balaban J connectivity index is 1.41. The van der Waals surface area contributed by atoms with Crippen molar-refractivity contribution in [3.8, 4) is 5.75 Å². The summed E-state index contributed by atoms with van der Waals surface area (Å²) < 4.78 is 17.0. The zero-order valence-corrected chi connectivity index (χ0v) is 15.6. The van der Waals surface area contributed by atoms with Crippen LogP contribution in [0.1, 0.15) is 29.0 Å². The van der Waals surface area contributed by atoms with Crippen LogP contribution in [-0.4, -0.2) is 27.2 Å². The first-order chi connectivity index (χ1) is 14.1. The van der Waals surface area contributed by atoms with Crippen molar-refractivity contribution in [1.82, 2.24) is 20.0 Å². The molecule has 9 nitrogen and oxygen atoms in total. The van der Waals surface area contributed by atoms with Crippen molar-refractivity contribution >= 4 is 17.0 Å². The quantitative estimate of drug-likeness (QED) is 0.512. The predicted molar refractivity (Wildman–Crippen MR) is 103 cm³/mol. The maximum atomic E-state index is 12.3. The van der Waals surface area contributed by atoms with E-state index in [9.17, 15) is 9.59 Å². The van der Waals surface area contributed by atoms with Crippen molar-refractivity contribution in [2.45, 2.75) is 20.0 Å². The summed E-state index contributed by atoms with van der Waals surface area (Å²) in [5, 5.41) is 6.50. The van der Waals surface area contributed by atoms with E-state index in [-0.39, 0.29) is 18.3 Å². The maximum Gasteiger partial charge on any atom is 0.420 e. The third kappa shape index (κ3) is 4.03. The summed E-state index contributed by atoms with van der Waals surface area (Å²) in [6.07, 6.45) is 0. The highest BCUT2D eigenvalue weighted by molar-refractivity contribution is 5.89. The van der Waals surface area contributed by atoms with Crippen LogP contribution in [0.3, 0.4) is 0 Å². The van der Waals surface area contributed by atoms with Crippen LogP contribution in [0.4, 0.5) is 0 Å². The molecule has 2 heterocycles. The van der Waals surface area contributed by atoms with Crippen LogP contribution < -0.4 is 15.8 Å². The molecule has 0 unspecified atom stereocenters. The van der Waals surface area contributed by atoms with E-state index in [0.29, 0.717) is 24.3 Å². The van der Waals surface area contributed by atoms with E-state index in [1.165, 1.54) is 4.57 Å². The second-order valence-electron chi connectivity index (χ2n) is 6.20. The summed E-state index contributed by atoms with van der Waals surface area (Å²) >= 11 is 0. The number of ether oxygens (including phenoxy) is 1. The molecular formula is C20H18N4O5. The molecular weight excluding hydrogens is 376 g/mol. The Labute approximate surface area is 164 Å². The normalized spacial score (nSPS) is 10.9. The highest BCUT2D eigenvalue weighted by Crippen LogP contribution is 2.14. The van der Waals surface area contributed by atoms with Gasteiger partial charge in [-0.15, -0.1) is 0 Å². The molecule has 148 valence electrons. The summed E-state index contributed by atoms with van der Waals surface area (Å²) in [5.41, 5.74) is 1.98. The number of fused-ring (bicyclic) bond motifs is 1. The molecule has 1 N–H and O–H groups in total. The Morgan fingerprint density at radius 1 is 1.17 bits per heavy atom. The number of para-hydroxylation sites is 2. The van der Waals surface area contributed by atoms with E-state index in [0.717, 1.165) is 11.3 Å². The SMILES string of the molecule is CCOc1ccc(CNC(=O)c2nc(Cn3c(=O)oc4ccccc43)no2)cc1. The number of oxazole rings is 1. The third-order valence-electron chi connectivity index (χ3n) is 4.22. The molecule has 29 heavy (non-hydrogen) atoms. The average molecular weight is 394 g/mol. The fourth-order valence-electron chi connectivity index (χ4n) is 2.84. The molecule has 4 rings (SSSR count). The Morgan fingerprint density at radius 2 is 1.97 bits per heavy atom. The molecule has 0 aliphatic rings. The number of hydrogen-bond donors (Lipinski definition) is 1. The number of carbonyl (C=O) groups excluding carboxylic acids is 1. The van der Waals surface area contributed by atoms with Gasteiger partial charge >= 0.3 is 17.6 Å². The monoisotopic (exact) mass is 394 g/mol. The summed E-state index contributed by atoms with van der Waals surface area (Å²) in [4.78, 5) is 28.4. The topological polar surface area (TPSA) is 112 Å². The molecule has 2 aromatic heterocycles. The van der Waals surface area contributed by atoms with E-state index in [1.54, 1.807) is 24.3 Å². The van der Waals surface area contributed by atoms with Gasteiger partial charge in [-0.3, -0.25) is 9.36 Å². The number of benzene rings is 2. The highest BCUT2D eigenvalue weighted by atomic mass is 16.5. The fourth-order valence-corrected chi connectivity index (χ4v) is 2.84. The minimum atomic E-state index is -0.530. The van der Waals surface area contributed by atoms with E-state index in [2.05, 4.69) is 15.5 Å². The van der Waals surface area contributed by atoms with Gasteiger partial charge in [-0.25, -0.2) is 4.79 Å². The minimum Gasteiger partial charge on any atom is -0.494 e. The van der Waals surface area contributed by atoms with Gasteiger partial charge in [0.25, 0.3) is 0 Å². The lowest BCUT2D eigenvalue weighted by Gasteiger charge is -2.05. The smallest absolute Gasteiger partial charge is 0.420 e. The average Bonchev–Trinajstić information content (AvgIpc) is 3.33. The number of nitrogens with zero attached hydrogens (tertiary/aromatic N) is 3. The van der Waals surface area contributed by atoms with Gasteiger partial charge in [0.2, 0.25) is 0 Å². The zero-order valence-electron chi connectivity index (χ0n) is 15.6. The molecule has 0 bridgehead atoms. The lowest BCUT2D eigenvalue weighted by Crippen LogP contribution is -2.23. The highest BCUT2D eigenvalue weighted by Gasteiger charge is 2.17. The lowest BCUT2D eigenvalue weighted by molar-refractivity contribution is 0.0907. The molecule has 0 aliphatic carbocycles. The van der Waals surface area contributed by atoms with Crippen LogP contribution in [0.5, 0.6) is 5.75 Å².